The lowest BCUT2D eigenvalue weighted by Gasteiger charge is -2.42. The summed E-state index contributed by atoms with van der Waals surface area (Å²) in [4.78, 5) is 33.3. The molecule has 0 bridgehead atoms. The van der Waals surface area contributed by atoms with E-state index in [2.05, 4.69) is 4.99 Å². The first-order valence-corrected chi connectivity index (χ1v) is 15.0. The molecular formula is C33H30Cl2F5N3O3. The Hall–Kier alpha value is -3.54. The second-order valence-corrected chi connectivity index (χ2v) is 13.6. The van der Waals surface area contributed by atoms with E-state index < -0.39 is 69.6 Å². The fraction of sp³-hybridized carbons (Fsp3) is 0.364. The van der Waals surface area contributed by atoms with E-state index >= 15 is 8.78 Å². The maximum absolute atomic E-state index is 16.1. The number of aliphatic imine (C=N–C) groups is 1. The van der Waals surface area contributed by atoms with Gasteiger partial charge in [0.25, 0.3) is 0 Å². The number of nitrogens with zero attached hydrogens (tertiary/aromatic N) is 3. The molecule has 2 aliphatic heterocycles. The third-order valence-electron chi connectivity index (χ3n) is 8.68. The smallest absolute Gasteiger partial charge is 0.417 e. The minimum atomic E-state index is -5.03. The van der Waals surface area contributed by atoms with Crippen LogP contribution >= 0.6 is 23.2 Å². The van der Waals surface area contributed by atoms with Crippen molar-refractivity contribution in [1.29, 1.82) is 0 Å². The van der Waals surface area contributed by atoms with Crippen molar-refractivity contribution in [1.82, 2.24) is 4.90 Å². The Balaban J connectivity index is 1.80. The SMILES string of the molecule is CN=CC1(c2ccc(Cl)cc2F)C(c2cccc(Cl)c2F)C2C(=O)N(c3ccc(C(=O)O)c(C(F)(F)F)c3)CN2C1CC(C)(C)C. The average molecular weight is 683 g/mol. The number of amides is 1. The molecule has 0 saturated carbocycles. The summed E-state index contributed by atoms with van der Waals surface area (Å²) in [6.45, 7) is 5.58. The van der Waals surface area contributed by atoms with Gasteiger partial charge in [0.05, 0.1) is 34.3 Å². The zero-order valence-corrected chi connectivity index (χ0v) is 26.7. The second kappa shape index (κ2) is 11.9. The van der Waals surface area contributed by atoms with Crippen molar-refractivity contribution in [2.75, 3.05) is 18.6 Å². The molecule has 6 nitrogen and oxygen atoms in total. The number of carboxylic acid groups (broad SMARTS) is 1. The van der Waals surface area contributed by atoms with E-state index in [4.69, 9.17) is 23.2 Å². The van der Waals surface area contributed by atoms with E-state index in [1.807, 2.05) is 20.8 Å². The van der Waals surface area contributed by atoms with Crippen LogP contribution in [0, 0.1) is 17.0 Å². The molecule has 1 amide bonds. The Morgan fingerprint density at radius 3 is 2.37 bits per heavy atom. The molecule has 2 aliphatic rings. The van der Waals surface area contributed by atoms with Crippen molar-refractivity contribution in [3.05, 3.63) is 98.5 Å². The van der Waals surface area contributed by atoms with Crippen molar-refractivity contribution < 1.29 is 36.6 Å². The molecule has 0 aliphatic carbocycles. The van der Waals surface area contributed by atoms with Gasteiger partial charge < -0.3 is 5.11 Å². The summed E-state index contributed by atoms with van der Waals surface area (Å²) in [7, 11) is 1.48. The van der Waals surface area contributed by atoms with Crippen LogP contribution in [0.5, 0.6) is 0 Å². The van der Waals surface area contributed by atoms with Crippen molar-refractivity contribution in [3.63, 3.8) is 0 Å². The standard InChI is InChI=1S/C33H30Cl2F5N3O3/c1-31(2,3)14-25-32(15-41-4,21-11-8-17(34)12-24(21)36)26(20-6-5-7-23(35)27(20)37)28-29(44)42(16-43(25)28)18-9-10-19(30(45)46)22(13-18)33(38,39)40/h5-13,15,25-26,28H,14,16H2,1-4H3,(H,45,46). The zero-order valence-electron chi connectivity index (χ0n) is 25.2. The van der Waals surface area contributed by atoms with Gasteiger partial charge in [-0.15, -0.1) is 0 Å². The summed E-state index contributed by atoms with van der Waals surface area (Å²) in [6.07, 6.45) is -3.19. The summed E-state index contributed by atoms with van der Waals surface area (Å²) >= 11 is 12.4. The lowest BCUT2D eigenvalue weighted by atomic mass is 9.62. The number of carboxylic acids is 1. The fourth-order valence-corrected chi connectivity index (χ4v) is 7.35. The summed E-state index contributed by atoms with van der Waals surface area (Å²) in [5.74, 6) is -5.15. The van der Waals surface area contributed by atoms with E-state index in [-0.39, 0.29) is 33.5 Å². The van der Waals surface area contributed by atoms with Crippen LogP contribution in [0.25, 0.3) is 0 Å². The molecule has 2 heterocycles. The molecule has 13 heteroatoms. The topological polar surface area (TPSA) is 73.2 Å². The number of carbonyl (C=O) groups excluding carboxylic acids is 1. The van der Waals surface area contributed by atoms with E-state index in [0.29, 0.717) is 12.5 Å². The van der Waals surface area contributed by atoms with Crippen LogP contribution in [0.15, 0.2) is 59.6 Å². The molecule has 46 heavy (non-hydrogen) atoms. The number of carbonyl (C=O) groups is 2. The fourth-order valence-electron chi connectivity index (χ4n) is 7.01. The maximum Gasteiger partial charge on any atom is 0.417 e. The van der Waals surface area contributed by atoms with Gasteiger partial charge in [-0.05, 0) is 53.8 Å². The Morgan fingerprint density at radius 2 is 1.78 bits per heavy atom. The summed E-state index contributed by atoms with van der Waals surface area (Å²) in [6, 6.07) is 9.00. The van der Waals surface area contributed by atoms with Gasteiger partial charge in [-0.3, -0.25) is 19.6 Å². The van der Waals surface area contributed by atoms with E-state index in [0.717, 1.165) is 23.1 Å². The van der Waals surface area contributed by atoms with Gasteiger partial charge in [-0.2, -0.15) is 13.2 Å². The quantitative estimate of drug-likeness (QED) is 0.210. The molecule has 2 saturated heterocycles. The predicted octanol–water partition coefficient (Wildman–Crippen LogP) is 8.20. The largest absolute Gasteiger partial charge is 0.478 e. The van der Waals surface area contributed by atoms with E-state index in [1.54, 1.807) is 4.90 Å². The third kappa shape index (κ3) is 5.66. The van der Waals surface area contributed by atoms with Gasteiger partial charge in [-0.25, -0.2) is 13.6 Å². The lowest BCUT2D eigenvalue weighted by molar-refractivity contribution is -0.138. The first kappa shape index (κ1) is 33.8. The van der Waals surface area contributed by atoms with Gasteiger partial charge in [-0.1, -0.05) is 62.2 Å². The predicted molar refractivity (Wildman–Crippen MR) is 166 cm³/mol. The lowest BCUT2D eigenvalue weighted by Crippen LogP contribution is -2.50. The number of fused-ring (bicyclic) bond motifs is 1. The number of hydrogen-bond acceptors (Lipinski definition) is 4. The highest BCUT2D eigenvalue weighted by molar-refractivity contribution is 6.31. The monoisotopic (exact) mass is 681 g/mol. The van der Waals surface area contributed by atoms with Gasteiger partial charge >= 0.3 is 12.1 Å². The highest BCUT2D eigenvalue weighted by Crippen LogP contribution is 2.58. The van der Waals surface area contributed by atoms with Crippen molar-refractivity contribution >= 4 is 47.0 Å². The molecular weight excluding hydrogens is 652 g/mol. The van der Waals surface area contributed by atoms with Gasteiger partial charge in [0.2, 0.25) is 5.91 Å². The molecule has 4 unspecified atom stereocenters. The van der Waals surface area contributed by atoms with Crippen LogP contribution < -0.4 is 4.90 Å². The summed E-state index contributed by atoms with van der Waals surface area (Å²) in [5, 5.41) is 9.28. The van der Waals surface area contributed by atoms with Gasteiger partial charge in [0, 0.05) is 41.5 Å². The molecule has 4 atom stereocenters. The van der Waals surface area contributed by atoms with Crippen LogP contribution in [0.4, 0.5) is 27.6 Å². The molecule has 3 aromatic rings. The molecule has 3 aromatic carbocycles. The van der Waals surface area contributed by atoms with Crippen LogP contribution in [-0.2, 0) is 16.4 Å². The zero-order chi connectivity index (χ0) is 33.9. The number of rotatable bonds is 6. The number of aromatic carboxylic acids is 1. The molecule has 244 valence electrons. The highest BCUT2D eigenvalue weighted by Gasteiger charge is 2.66. The highest BCUT2D eigenvalue weighted by atomic mass is 35.5. The number of hydrogen-bond donors (Lipinski definition) is 1. The van der Waals surface area contributed by atoms with Crippen LogP contribution in [0.3, 0.4) is 0 Å². The minimum Gasteiger partial charge on any atom is -0.478 e. The Bertz CT molecular complexity index is 1740. The van der Waals surface area contributed by atoms with Gasteiger partial charge in [0.15, 0.2) is 0 Å². The van der Waals surface area contributed by atoms with Gasteiger partial charge in [0.1, 0.15) is 11.6 Å². The maximum atomic E-state index is 16.1. The molecule has 0 spiro atoms. The number of anilines is 1. The first-order valence-electron chi connectivity index (χ1n) is 14.3. The summed E-state index contributed by atoms with van der Waals surface area (Å²) in [5.41, 5.74) is -4.39. The van der Waals surface area contributed by atoms with E-state index in [9.17, 15) is 27.9 Å². The molecule has 2 fully saturated rings. The molecule has 5 rings (SSSR count). The third-order valence-corrected chi connectivity index (χ3v) is 9.20. The number of benzene rings is 3. The average Bonchev–Trinajstić information content (AvgIpc) is 3.40. The van der Waals surface area contributed by atoms with Crippen molar-refractivity contribution in [2.45, 2.75) is 56.8 Å². The van der Waals surface area contributed by atoms with Crippen molar-refractivity contribution in [3.8, 4) is 0 Å². The Morgan fingerprint density at radius 1 is 1.09 bits per heavy atom. The molecule has 0 aromatic heterocycles. The van der Waals surface area contributed by atoms with E-state index in [1.165, 1.54) is 43.6 Å². The number of halogens is 7. The van der Waals surface area contributed by atoms with Crippen molar-refractivity contribution in [2.24, 2.45) is 10.4 Å². The van der Waals surface area contributed by atoms with Crippen LogP contribution in [0.2, 0.25) is 10.0 Å². The normalized spacial score (nSPS) is 23.8. The Kier molecular flexibility index (Phi) is 8.76. The first-order chi connectivity index (χ1) is 21.4. The minimum absolute atomic E-state index is 0.000523. The molecule has 0 radical (unpaired) electrons. The second-order valence-electron chi connectivity index (χ2n) is 12.7. The van der Waals surface area contributed by atoms with Crippen LogP contribution in [0.1, 0.15) is 60.2 Å². The van der Waals surface area contributed by atoms with Crippen LogP contribution in [-0.4, -0.2) is 53.9 Å². The number of alkyl halides is 3. The Labute approximate surface area is 272 Å². The molecule has 1 N–H and O–H groups in total. The summed E-state index contributed by atoms with van der Waals surface area (Å²) < 4.78 is 74.1.